The van der Waals surface area contributed by atoms with Gasteiger partial charge in [0.15, 0.2) is 0 Å². The Morgan fingerprint density at radius 2 is 2.25 bits per heavy atom. The van der Waals surface area contributed by atoms with Gasteiger partial charge in [0.2, 0.25) is 0 Å². The van der Waals surface area contributed by atoms with E-state index in [1.807, 2.05) is 25.2 Å². The zero-order chi connectivity index (χ0) is 14.2. The minimum atomic E-state index is -0.863. The molecule has 1 aromatic carbocycles. The highest BCUT2D eigenvalue weighted by Crippen LogP contribution is 2.45. The fraction of sp³-hybridized carbons (Fsp3) is 0.375. The Morgan fingerprint density at radius 3 is 2.95 bits per heavy atom. The van der Waals surface area contributed by atoms with E-state index in [0.717, 1.165) is 18.4 Å². The molecule has 0 radical (unpaired) electrons. The molecule has 0 amide bonds. The molecule has 1 aromatic heterocycles. The number of aryl methyl sites for hydroxylation is 2. The second-order valence-corrected chi connectivity index (χ2v) is 5.44. The Balaban J connectivity index is 2.12. The number of aliphatic hydroxyl groups is 1. The molecular formula is C16H17N3O. The van der Waals surface area contributed by atoms with Gasteiger partial charge in [-0.25, -0.2) is 0 Å². The van der Waals surface area contributed by atoms with Crippen molar-refractivity contribution in [3.05, 3.63) is 53.3 Å². The third-order valence-electron chi connectivity index (χ3n) is 4.22. The zero-order valence-corrected chi connectivity index (χ0v) is 11.5. The van der Waals surface area contributed by atoms with E-state index in [4.69, 9.17) is 0 Å². The fourth-order valence-electron chi connectivity index (χ4n) is 3.19. The van der Waals surface area contributed by atoms with Gasteiger partial charge >= 0.3 is 0 Å². The Morgan fingerprint density at radius 1 is 1.45 bits per heavy atom. The predicted molar refractivity (Wildman–Crippen MR) is 74.8 cm³/mol. The standard InChI is InChI=1S/C16H17N3O/c1-19-10-13(9-18-19)15(20)16(11-17)8-4-6-12-5-2-3-7-14(12)16/h2-3,5,7,9-10,15,20H,4,6,8H2,1H3. The van der Waals surface area contributed by atoms with Gasteiger partial charge in [-0.05, 0) is 30.4 Å². The molecule has 0 fully saturated rings. The van der Waals surface area contributed by atoms with Crippen molar-refractivity contribution in [2.45, 2.75) is 30.8 Å². The monoisotopic (exact) mass is 267 g/mol. The largest absolute Gasteiger partial charge is 0.386 e. The van der Waals surface area contributed by atoms with Gasteiger partial charge in [-0.1, -0.05) is 24.3 Å². The fourth-order valence-corrected chi connectivity index (χ4v) is 3.19. The summed E-state index contributed by atoms with van der Waals surface area (Å²) in [4.78, 5) is 0. The minimum Gasteiger partial charge on any atom is -0.386 e. The summed E-state index contributed by atoms with van der Waals surface area (Å²) in [5.74, 6) is 0. The van der Waals surface area contributed by atoms with Gasteiger partial charge in [0, 0.05) is 18.8 Å². The molecule has 0 saturated carbocycles. The molecule has 102 valence electrons. The minimum absolute atomic E-state index is 0.677. The normalized spacial score (nSPS) is 22.9. The number of hydrogen-bond donors (Lipinski definition) is 1. The highest BCUT2D eigenvalue weighted by Gasteiger charge is 2.44. The third-order valence-corrected chi connectivity index (χ3v) is 4.22. The second kappa shape index (κ2) is 4.77. The first-order chi connectivity index (χ1) is 9.67. The van der Waals surface area contributed by atoms with Crippen LogP contribution in [0.5, 0.6) is 0 Å². The molecule has 2 unspecified atom stereocenters. The van der Waals surface area contributed by atoms with Crippen LogP contribution in [0.2, 0.25) is 0 Å². The average molecular weight is 267 g/mol. The number of nitrogens with zero attached hydrogens (tertiary/aromatic N) is 3. The van der Waals surface area contributed by atoms with Gasteiger partial charge in [-0.2, -0.15) is 10.4 Å². The lowest BCUT2D eigenvalue weighted by Gasteiger charge is -2.36. The van der Waals surface area contributed by atoms with Crippen molar-refractivity contribution in [3.63, 3.8) is 0 Å². The zero-order valence-electron chi connectivity index (χ0n) is 11.5. The lowest BCUT2D eigenvalue weighted by molar-refractivity contribution is 0.0995. The number of benzene rings is 1. The summed E-state index contributed by atoms with van der Waals surface area (Å²) in [5.41, 5.74) is 1.97. The summed E-state index contributed by atoms with van der Waals surface area (Å²) in [7, 11) is 1.81. The summed E-state index contributed by atoms with van der Waals surface area (Å²) < 4.78 is 1.65. The third kappa shape index (κ3) is 1.83. The van der Waals surface area contributed by atoms with Gasteiger partial charge in [0.25, 0.3) is 0 Å². The highest BCUT2D eigenvalue weighted by molar-refractivity contribution is 5.44. The van der Waals surface area contributed by atoms with Crippen molar-refractivity contribution in [2.24, 2.45) is 7.05 Å². The smallest absolute Gasteiger partial charge is 0.113 e. The molecule has 1 N–H and O–H groups in total. The Bertz CT molecular complexity index is 670. The summed E-state index contributed by atoms with van der Waals surface area (Å²) in [6, 6.07) is 10.3. The van der Waals surface area contributed by atoms with Crippen LogP contribution in [0.15, 0.2) is 36.7 Å². The van der Waals surface area contributed by atoms with Gasteiger partial charge < -0.3 is 5.11 Å². The van der Waals surface area contributed by atoms with Crippen LogP contribution in [0.4, 0.5) is 0 Å². The molecule has 0 saturated heterocycles. The van der Waals surface area contributed by atoms with Crippen molar-refractivity contribution >= 4 is 0 Å². The van der Waals surface area contributed by atoms with Crippen molar-refractivity contribution in [3.8, 4) is 6.07 Å². The van der Waals surface area contributed by atoms with E-state index < -0.39 is 11.5 Å². The molecule has 1 heterocycles. The van der Waals surface area contributed by atoms with Gasteiger partial charge in [-0.15, -0.1) is 0 Å². The SMILES string of the molecule is Cn1cc(C(O)C2(C#N)CCCc3ccccc32)cn1. The molecule has 4 nitrogen and oxygen atoms in total. The van der Waals surface area contributed by atoms with Crippen LogP contribution in [0.3, 0.4) is 0 Å². The summed E-state index contributed by atoms with van der Waals surface area (Å²) in [5, 5.41) is 24.7. The van der Waals surface area contributed by atoms with Gasteiger partial charge in [0.1, 0.15) is 11.5 Å². The first-order valence-corrected chi connectivity index (χ1v) is 6.83. The number of rotatable bonds is 2. The van der Waals surface area contributed by atoms with E-state index in [9.17, 15) is 10.4 Å². The molecule has 20 heavy (non-hydrogen) atoms. The quantitative estimate of drug-likeness (QED) is 0.907. The number of hydrogen-bond acceptors (Lipinski definition) is 3. The molecule has 0 spiro atoms. The van der Waals surface area contributed by atoms with E-state index >= 15 is 0 Å². The Kier molecular flexibility index (Phi) is 3.07. The van der Waals surface area contributed by atoms with E-state index in [1.165, 1.54) is 5.56 Å². The predicted octanol–water partition coefficient (Wildman–Crippen LogP) is 2.25. The number of nitriles is 1. The van der Waals surface area contributed by atoms with Crippen molar-refractivity contribution in [1.82, 2.24) is 9.78 Å². The summed E-state index contributed by atoms with van der Waals surface area (Å²) in [6.45, 7) is 0. The molecule has 1 aliphatic carbocycles. The van der Waals surface area contributed by atoms with Crippen LogP contribution in [-0.4, -0.2) is 14.9 Å². The van der Waals surface area contributed by atoms with E-state index in [2.05, 4.69) is 17.2 Å². The van der Waals surface area contributed by atoms with Gasteiger partial charge in [-0.3, -0.25) is 4.68 Å². The first-order valence-electron chi connectivity index (χ1n) is 6.83. The molecule has 4 heteroatoms. The Hall–Kier alpha value is -2.12. The van der Waals surface area contributed by atoms with E-state index in [1.54, 1.807) is 17.1 Å². The van der Waals surface area contributed by atoms with Crippen LogP contribution in [0.1, 0.15) is 35.6 Å². The number of fused-ring (bicyclic) bond motifs is 1. The van der Waals surface area contributed by atoms with Crippen LogP contribution in [0, 0.1) is 11.3 Å². The van der Waals surface area contributed by atoms with Crippen LogP contribution in [0.25, 0.3) is 0 Å². The van der Waals surface area contributed by atoms with Crippen LogP contribution in [-0.2, 0) is 18.9 Å². The van der Waals surface area contributed by atoms with E-state index in [-0.39, 0.29) is 0 Å². The second-order valence-electron chi connectivity index (χ2n) is 5.44. The molecular weight excluding hydrogens is 250 g/mol. The van der Waals surface area contributed by atoms with Crippen LogP contribution < -0.4 is 0 Å². The van der Waals surface area contributed by atoms with Crippen molar-refractivity contribution in [2.75, 3.05) is 0 Å². The molecule has 0 bridgehead atoms. The summed E-state index contributed by atoms with van der Waals surface area (Å²) >= 11 is 0. The Labute approximate surface area is 118 Å². The maximum atomic E-state index is 10.8. The summed E-state index contributed by atoms with van der Waals surface area (Å²) in [6.07, 6.45) is 5.14. The lowest BCUT2D eigenvalue weighted by Crippen LogP contribution is -2.36. The molecule has 3 rings (SSSR count). The van der Waals surface area contributed by atoms with Crippen LogP contribution >= 0.6 is 0 Å². The number of aliphatic hydroxyl groups excluding tert-OH is 1. The van der Waals surface area contributed by atoms with Gasteiger partial charge in [0.05, 0.1) is 12.3 Å². The molecule has 2 atom stereocenters. The van der Waals surface area contributed by atoms with E-state index in [0.29, 0.717) is 12.0 Å². The lowest BCUT2D eigenvalue weighted by atomic mass is 9.66. The first kappa shape index (κ1) is 12.9. The molecule has 0 aliphatic heterocycles. The van der Waals surface area contributed by atoms with Crippen molar-refractivity contribution < 1.29 is 5.11 Å². The average Bonchev–Trinajstić information content (AvgIpc) is 2.92. The molecule has 2 aromatic rings. The highest BCUT2D eigenvalue weighted by atomic mass is 16.3. The molecule has 1 aliphatic rings. The maximum Gasteiger partial charge on any atom is 0.113 e. The number of aromatic nitrogens is 2. The maximum absolute atomic E-state index is 10.8. The van der Waals surface area contributed by atoms with Crippen molar-refractivity contribution in [1.29, 1.82) is 5.26 Å². The topological polar surface area (TPSA) is 61.8 Å².